The second kappa shape index (κ2) is 3.93. The van der Waals surface area contributed by atoms with Crippen LogP contribution in [0.4, 0.5) is 0 Å². The number of ether oxygens (including phenoxy) is 1. The summed E-state index contributed by atoms with van der Waals surface area (Å²) < 4.78 is 28.1. The second-order valence-corrected chi connectivity index (χ2v) is 7.10. The molecule has 0 aliphatic carbocycles. The standard InChI is InChI=1S/C10H16O6S/c11-8(12)9(2-1-4-16-6-9)10(13)3-5-17(14,15)7-10/h13H,1-7H2,(H,11,12). The van der Waals surface area contributed by atoms with Crippen LogP contribution in [-0.2, 0) is 19.4 Å². The van der Waals surface area contributed by atoms with Crippen LogP contribution < -0.4 is 0 Å². The van der Waals surface area contributed by atoms with Crippen molar-refractivity contribution >= 4 is 15.8 Å². The first-order valence-corrected chi connectivity index (χ1v) is 7.37. The molecule has 2 heterocycles. The van der Waals surface area contributed by atoms with Gasteiger partial charge in [-0.05, 0) is 19.3 Å². The first-order chi connectivity index (χ1) is 7.81. The Labute approximate surface area is 99.5 Å². The minimum atomic E-state index is -3.34. The maximum atomic E-state index is 11.5. The number of carboxylic acid groups (broad SMARTS) is 1. The third-order valence-corrected chi connectivity index (χ3v) is 5.57. The van der Waals surface area contributed by atoms with Crippen molar-refractivity contribution in [2.45, 2.75) is 24.9 Å². The molecule has 0 bridgehead atoms. The Morgan fingerprint density at radius 3 is 2.41 bits per heavy atom. The highest BCUT2D eigenvalue weighted by Gasteiger charge is 2.61. The minimum Gasteiger partial charge on any atom is -0.481 e. The normalized spacial score (nSPS) is 41.2. The van der Waals surface area contributed by atoms with Crippen molar-refractivity contribution in [2.24, 2.45) is 5.41 Å². The summed E-state index contributed by atoms with van der Waals surface area (Å²) in [7, 11) is -3.34. The fourth-order valence-corrected chi connectivity index (χ4v) is 4.68. The van der Waals surface area contributed by atoms with Gasteiger partial charge in [0.25, 0.3) is 0 Å². The molecule has 0 aromatic carbocycles. The van der Waals surface area contributed by atoms with Gasteiger partial charge in [-0.2, -0.15) is 0 Å². The Morgan fingerprint density at radius 2 is 2.00 bits per heavy atom. The fraction of sp³-hybridized carbons (Fsp3) is 0.900. The number of rotatable bonds is 2. The molecule has 0 spiro atoms. The van der Waals surface area contributed by atoms with Gasteiger partial charge in [0.05, 0.1) is 23.7 Å². The maximum Gasteiger partial charge on any atom is 0.314 e. The lowest BCUT2D eigenvalue weighted by Crippen LogP contribution is -2.58. The number of sulfone groups is 1. The average molecular weight is 264 g/mol. The van der Waals surface area contributed by atoms with Crippen molar-refractivity contribution in [3.05, 3.63) is 0 Å². The Bertz CT molecular complexity index is 422. The highest BCUT2D eigenvalue weighted by atomic mass is 32.2. The first-order valence-electron chi connectivity index (χ1n) is 5.55. The second-order valence-electron chi connectivity index (χ2n) is 4.92. The molecule has 2 aliphatic rings. The molecule has 0 radical (unpaired) electrons. The van der Waals surface area contributed by atoms with Crippen molar-refractivity contribution in [3.63, 3.8) is 0 Å². The van der Waals surface area contributed by atoms with E-state index in [2.05, 4.69) is 0 Å². The van der Waals surface area contributed by atoms with E-state index in [9.17, 15) is 23.4 Å². The van der Waals surface area contributed by atoms with Gasteiger partial charge in [0.1, 0.15) is 5.41 Å². The molecule has 2 aliphatic heterocycles. The van der Waals surface area contributed by atoms with Gasteiger partial charge in [0, 0.05) is 6.61 Å². The van der Waals surface area contributed by atoms with Gasteiger partial charge >= 0.3 is 5.97 Å². The molecule has 7 heteroatoms. The van der Waals surface area contributed by atoms with Crippen LogP contribution in [0.2, 0.25) is 0 Å². The third kappa shape index (κ3) is 1.96. The first kappa shape index (κ1) is 12.8. The molecule has 2 unspecified atom stereocenters. The van der Waals surface area contributed by atoms with E-state index in [-0.39, 0.29) is 25.2 Å². The molecule has 6 nitrogen and oxygen atoms in total. The lowest BCUT2D eigenvalue weighted by Gasteiger charge is -2.43. The van der Waals surface area contributed by atoms with Gasteiger partial charge in [-0.1, -0.05) is 0 Å². The van der Waals surface area contributed by atoms with Crippen LogP contribution in [0.3, 0.4) is 0 Å². The number of hydrogen-bond acceptors (Lipinski definition) is 5. The number of aliphatic carboxylic acids is 1. The Morgan fingerprint density at radius 1 is 1.29 bits per heavy atom. The van der Waals surface area contributed by atoms with E-state index in [1.807, 2.05) is 0 Å². The van der Waals surface area contributed by atoms with Gasteiger partial charge < -0.3 is 14.9 Å². The van der Waals surface area contributed by atoms with Gasteiger partial charge in [-0.15, -0.1) is 0 Å². The van der Waals surface area contributed by atoms with Crippen molar-refractivity contribution in [1.29, 1.82) is 0 Å². The summed E-state index contributed by atoms with van der Waals surface area (Å²) in [6.07, 6.45) is 0.758. The fourth-order valence-electron chi connectivity index (χ4n) is 2.74. The Balaban J connectivity index is 2.37. The number of aliphatic hydroxyl groups is 1. The molecule has 2 atom stereocenters. The van der Waals surface area contributed by atoms with E-state index in [4.69, 9.17) is 4.74 Å². The van der Waals surface area contributed by atoms with E-state index in [0.717, 1.165) is 0 Å². The summed E-state index contributed by atoms with van der Waals surface area (Å²) in [4.78, 5) is 11.4. The summed E-state index contributed by atoms with van der Waals surface area (Å²) in [5, 5.41) is 19.8. The Hall–Kier alpha value is -0.660. The molecule has 0 aromatic rings. The zero-order valence-corrected chi connectivity index (χ0v) is 10.2. The van der Waals surface area contributed by atoms with Crippen molar-refractivity contribution in [2.75, 3.05) is 24.7 Å². The number of carbonyl (C=O) groups is 1. The van der Waals surface area contributed by atoms with E-state index in [0.29, 0.717) is 13.0 Å². The van der Waals surface area contributed by atoms with Gasteiger partial charge in [0.15, 0.2) is 9.84 Å². The zero-order valence-electron chi connectivity index (χ0n) is 9.39. The molecular weight excluding hydrogens is 248 g/mol. The van der Waals surface area contributed by atoms with Gasteiger partial charge in [-0.3, -0.25) is 4.79 Å². The summed E-state index contributed by atoms with van der Waals surface area (Å²) in [5.41, 5.74) is -3.17. The van der Waals surface area contributed by atoms with Crippen LogP contribution in [0.25, 0.3) is 0 Å². The van der Waals surface area contributed by atoms with Crippen molar-refractivity contribution in [1.82, 2.24) is 0 Å². The van der Waals surface area contributed by atoms with E-state index in [1.165, 1.54) is 0 Å². The van der Waals surface area contributed by atoms with Crippen LogP contribution in [0.15, 0.2) is 0 Å². The molecule has 0 amide bonds. The maximum absolute atomic E-state index is 11.5. The SMILES string of the molecule is O=C(O)C1(C2(O)CCS(=O)(=O)C2)CCCOC1. The van der Waals surface area contributed by atoms with Crippen molar-refractivity contribution < 1.29 is 28.2 Å². The van der Waals surface area contributed by atoms with Gasteiger partial charge in [0.2, 0.25) is 0 Å². The number of carboxylic acids is 1. The van der Waals surface area contributed by atoms with E-state index < -0.39 is 32.6 Å². The summed E-state index contributed by atoms with van der Waals surface area (Å²) in [6.45, 7) is 0.339. The van der Waals surface area contributed by atoms with Crippen molar-refractivity contribution in [3.8, 4) is 0 Å². The summed E-state index contributed by atoms with van der Waals surface area (Å²) in [5.74, 6) is -1.80. The molecule has 98 valence electrons. The van der Waals surface area contributed by atoms with Crippen LogP contribution in [0.1, 0.15) is 19.3 Å². The molecule has 0 aromatic heterocycles. The van der Waals surface area contributed by atoms with Crippen LogP contribution in [0, 0.1) is 5.41 Å². The minimum absolute atomic E-state index is 0.0228. The van der Waals surface area contributed by atoms with E-state index >= 15 is 0 Å². The van der Waals surface area contributed by atoms with Crippen LogP contribution in [-0.4, -0.2) is 54.9 Å². The highest BCUT2D eigenvalue weighted by molar-refractivity contribution is 7.91. The Kier molecular flexibility index (Phi) is 2.95. The van der Waals surface area contributed by atoms with Gasteiger partial charge in [-0.25, -0.2) is 8.42 Å². The van der Waals surface area contributed by atoms with E-state index in [1.54, 1.807) is 0 Å². The smallest absolute Gasteiger partial charge is 0.314 e. The lowest BCUT2D eigenvalue weighted by atomic mass is 9.68. The lowest BCUT2D eigenvalue weighted by molar-refractivity contribution is -0.184. The molecule has 2 fully saturated rings. The molecule has 2 rings (SSSR count). The molecule has 0 saturated carbocycles. The monoisotopic (exact) mass is 264 g/mol. The summed E-state index contributed by atoms with van der Waals surface area (Å²) >= 11 is 0. The molecule has 17 heavy (non-hydrogen) atoms. The quantitative estimate of drug-likeness (QED) is 0.692. The summed E-state index contributed by atoms with van der Waals surface area (Å²) in [6, 6.07) is 0. The third-order valence-electron chi connectivity index (χ3n) is 3.83. The predicted octanol–water partition coefficient (Wildman–Crippen LogP) is -0.583. The van der Waals surface area contributed by atoms with Crippen LogP contribution >= 0.6 is 0 Å². The topological polar surface area (TPSA) is 101 Å². The molecular formula is C10H16O6S. The number of hydrogen-bond donors (Lipinski definition) is 2. The largest absolute Gasteiger partial charge is 0.481 e. The molecule has 2 saturated heterocycles. The zero-order chi connectivity index (χ0) is 12.7. The predicted molar refractivity (Wildman–Crippen MR) is 58.3 cm³/mol. The average Bonchev–Trinajstić information content (AvgIpc) is 2.55. The highest BCUT2D eigenvalue weighted by Crippen LogP contribution is 2.45. The molecule has 2 N–H and O–H groups in total. The van der Waals surface area contributed by atoms with Crippen LogP contribution in [0.5, 0.6) is 0 Å².